The number of rotatable bonds is 2. The van der Waals surface area contributed by atoms with Gasteiger partial charge in [-0.2, -0.15) is 10.1 Å². The van der Waals surface area contributed by atoms with Gasteiger partial charge in [-0.3, -0.25) is 20.4 Å². The van der Waals surface area contributed by atoms with E-state index in [0.29, 0.717) is 16.6 Å². The predicted molar refractivity (Wildman–Crippen MR) is 107 cm³/mol. The summed E-state index contributed by atoms with van der Waals surface area (Å²) < 4.78 is -1.47. The third kappa shape index (κ3) is 2.87. The fourth-order valence-corrected chi connectivity index (χ4v) is 4.02. The lowest BCUT2D eigenvalue weighted by Crippen LogP contribution is -2.63. The van der Waals surface area contributed by atoms with Crippen molar-refractivity contribution in [3.8, 4) is 0 Å². The van der Waals surface area contributed by atoms with Crippen molar-refractivity contribution in [1.29, 1.82) is 0 Å². The minimum atomic E-state index is -1.47. The Labute approximate surface area is 160 Å². The molecule has 1 fully saturated rings. The molecule has 0 saturated carbocycles. The maximum Gasteiger partial charge on any atom is 0.279 e. The minimum absolute atomic E-state index is 0.410. The number of carbonyl (C=O) groups excluding carboxylic acids is 2. The van der Waals surface area contributed by atoms with Crippen LogP contribution in [0.2, 0.25) is 0 Å². The molecule has 1 atom stereocenters. The Hall–Kier alpha value is -3.13. The van der Waals surface area contributed by atoms with Crippen LogP contribution in [-0.4, -0.2) is 27.4 Å². The topological polar surface area (TPSA) is 86.2 Å². The Morgan fingerprint density at radius 3 is 2.56 bits per heavy atom. The minimum Gasteiger partial charge on any atom is -0.276 e. The first kappa shape index (κ1) is 17.3. The second kappa shape index (κ2) is 6.55. The number of hydrogen-bond donors (Lipinski definition) is 2. The van der Waals surface area contributed by atoms with E-state index in [0.717, 1.165) is 23.0 Å². The number of hydrazine groups is 1. The van der Waals surface area contributed by atoms with Gasteiger partial charge in [-0.05, 0) is 43.7 Å². The molecule has 8 heteroatoms. The largest absolute Gasteiger partial charge is 0.279 e. The summed E-state index contributed by atoms with van der Waals surface area (Å²) in [4.78, 5) is 30.4. The quantitative estimate of drug-likeness (QED) is 0.785. The summed E-state index contributed by atoms with van der Waals surface area (Å²) >= 11 is 1.07. The molecule has 2 aromatic rings. The second-order valence-electron chi connectivity index (χ2n) is 6.26. The van der Waals surface area contributed by atoms with Crippen LogP contribution in [0.15, 0.2) is 64.7 Å². The molecule has 2 aromatic carbocycles. The summed E-state index contributed by atoms with van der Waals surface area (Å²) in [6.07, 6.45) is 0. The molecule has 27 heavy (non-hydrogen) atoms. The summed E-state index contributed by atoms with van der Waals surface area (Å²) in [6.45, 7) is 3.66. The Balaban J connectivity index is 1.70. The summed E-state index contributed by atoms with van der Waals surface area (Å²) in [5.41, 5.74) is 8.17. The highest BCUT2D eigenvalue weighted by molar-refractivity contribution is 8.17. The third-order valence-corrected chi connectivity index (χ3v) is 5.69. The SMILES string of the molecule is CC1=NN(c2ccccc2)C(=O)C12SC(=Nc1cccc(C)c1)NNC2=O. The number of aryl methyl sites for hydroxylation is 1. The van der Waals surface area contributed by atoms with Crippen LogP contribution in [0.3, 0.4) is 0 Å². The average Bonchev–Trinajstić information content (AvgIpc) is 2.91. The van der Waals surface area contributed by atoms with Gasteiger partial charge in [-0.1, -0.05) is 42.1 Å². The normalized spacial score (nSPS) is 23.4. The number of amides is 2. The van der Waals surface area contributed by atoms with Crippen LogP contribution in [0.25, 0.3) is 0 Å². The Morgan fingerprint density at radius 1 is 1.04 bits per heavy atom. The molecule has 2 amide bonds. The molecular weight excluding hydrogens is 362 g/mol. The maximum absolute atomic E-state index is 13.2. The maximum atomic E-state index is 13.2. The molecule has 2 N–H and O–H groups in total. The number of thioether (sulfide) groups is 1. The van der Waals surface area contributed by atoms with Gasteiger partial charge in [0.05, 0.1) is 17.1 Å². The van der Waals surface area contributed by atoms with E-state index in [4.69, 9.17) is 0 Å². The van der Waals surface area contributed by atoms with E-state index in [2.05, 4.69) is 20.9 Å². The summed E-state index contributed by atoms with van der Waals surface area (Å²) in [7, 11) is 0. The highest BCUT2D eigenvalue weighted by Crippen LogP contribution is 2.39. The van der Waals surface area contributed by atoms with Crippen LogP contribution in [0.5, 0.6) is 0 Å². The Bertz CT molecular complexity index is 989. The average molecular weight is 379 g/mol. The first-order valence-corrected chi connectivity index (χ1v) is 9.18. The van der Waals surface area contributed by atoms with Crippen molar-refractivity contribution in [3.05, 3.63) is 60.2 Å². The first-order valence-electron chi connectivity index (χ1n) is 8.37. The first-order chi connectivity index (χ1) is 13.0. The Kier molecular flexibility index (Phi) is 4.19. The highest BCUT2D eigenvalue weighted by atomic mass is 32.2. The number of hydrazone groups is 1. The van der Waals surface area contributed by atoms with Crippen molar-refractivity contribution < 1.29 is 9.59 Å². The number of nitrogens with one attached hydrogen (secondary N) is 2. The van der Waals surface area contributed by atoms with E-state index in [1.165, 1.54) is 5.01 Å². The molecule has 4 rings (SSSR count). The molecule has 0 bridgehead atoms. The molecule has 1 unspecified atom stereocenters. The van der Waals surface area contributed by atoms with Crippen molar-refractivity contribution in [2.75, 3.05) is 5.01 Å². The van der Waals surface area contributed by atoms with Gasteiger partial charge in [-0.15, -0.1) is 0 Å². The van der Waals surface area contributed by atoms with Crippen molar-refractivity contribution >= 4 is 45.8 Å². The number of amidine groups is 1. The van der Waals surface area contributed by atoms with Gasteiger partial charge in [0, 0.05) is 0 Å². The smallest absolute Gasteiger partial charge is 0.276 e. The lowest BCUT2D eigenvalue weighted by molar-refractivity contribution is -0.129. The second-order valence-corrected chi connectivity index (χ2v) is 7.46. The number of benzene rings is 2. The van der Waals surface area contributed by atoms with Gasteiger partial charge < -0.3 is 0 Å². The number of anilines is 1. The number of hydrogen-bond acceptors (Lipinski definition) is 5. The highest BCUT2D eigenvalue weighted by Gasteiger charge is 2.59. The van der Waals surface area contributed by atoms with E-state index < -0.39 is 16.6 Å². The fourth-order valence-electron chi connectivity index (χ4n) is 2.97. The van der Waals surface area contributed by atoms with E-state index in [-0.39, 0.29) is 0 Å². The van der Waals surface area contributed by atoms with E-state index in [1.807, 2.05) is 49.4 Å². The van der Waals surface area contributed by atoms with Crippen LogP contribution in [-0.2, 0) is 9.59 Å². The molecule has 2 heterocycles. The van der Waals surface area contributed by atoms with Crippen molar-refractivity contribution in [2.24, 2.45) is 10.1 Å². The summed E-state index contributed by atoms with van der Waals surface area (Å²) in [6, 6.07) is 16.7. The van der Waals surface area contributed by atoms with E-state index in [1.54, 1.807) is 19.1 Å². The van der Waals surface area contributed by atoms with Crippen LogP contribution < -0.4 is 15.9 Å². The molecule has 0 radical (unpaired) electrons. The van der Waals surface area contributed by atoms with Crippen LogP contribution in [0.1, 0.15) is 12.5 Å². The molecule has 1 spiro atoms. The molecule has 0 aromatic heterocycles. The van der Waals surface area contributed by atoms with E-state index >= 15 is 0 Å². The monoisotopic (exact) mass is 379 g/mol. The molecule has 2 aliphatic rings. The van der Waals surface area contributed by atoms with Gasteiger partial charge in [-0.25, -0.2) is 4.99 Å². The molecular formula is C19H17N5O2S. The van der Waals surface area contributed by atoms with Gasteiger partial charge in [0.25, 0.3) is 11.8 Å². The molecule has 0 aliphatic carbocycles. The predicted octanol–water partition coefficient (Wildman–Crippen LogP) is 2.51. The van der Waals surface area contributed by atoms with Gasteiger partial charge in [0.2, 0.25) is 4.75 Å². The van der Waals surface area contributed by atoms with Crippen molar-refractivity contribution in [3.63, 3.8) is 0 Å². The molecule has 2 aliphatic heterocycles. The van der Waals surface area contributed by atoms with Gasteiger partial charge >= 0.3 is 0 Å². The third-order valence-electron chi connectivity index (χ3n) is 4.34. The lowest BCUT2D eigenvalue weighted by Gasteiger charge is -2.31. The number of nitrogens with zero attached hydrogens (tertiary/aromatic N) is 3. The number of aliphatic imine (C=N–C) groups is 1. The van der Waals surface area contributed by atoms with Gasteiger partial charge in [0.1, 0.15) is 0 Å². The lowest BCUT2D eigenvalue weighted by atomic mass is 10.0. The fraction of sp³-hybridized carbons (Fsp3) is 0.158. The number of para-hydroxylation sites is 1. The molecule has 1 saturated heterocycles. The van der Waals surface area contributed by atoms with Gasteiger partial charge in [0.15, 0.2) is 5.17 Å². The molecule has 7 nitrogen and oxygen atoms in total. The van der Waals surface area contributed by atoms with Crippen molar-refractivity contribution in [1.82, 2.24) is 10.9 Å². The van der Waals surface area contributed by atoms with Crippen molar-refractivity contribution in [2.45, 2.75) is 18.6 Å². The summed E-state index contributed by atoms with van der Waals surface area (Å²) in [5.74, 6) is -0.868. The zero-order valence-electron chi connectivity index (χ0n) is 14.8. The van der Waals surface area contributed by atoms with E-state index in [9.17, 15) is 9.59 Å². The molecule has 136 valence electrons. The zero-order valence-corrected chi connectivity index (χ0v) is 15.6. The number of carbonyl (C=O) groups is 2. The zero-order chi connectivity index (χ0) is 19.0. The van der Waals surface area contributed by atoms with Crippen LogP contribution >= 0.6 is 11.8 Å². The van der Waals surface area contributed by atoms with Crippen LogP contribution in [0, 0.1) is 6.92 Å². The summed E-state index contributed by atoms with van der Waals surface area (Å²) in [5, 5.41) is 6.06. The van der Waals surface area contributed by atoms with Crippen LogP contribution in [0.4, 0.5) is 11.4 Å². The standard InChI is InChI=1S/C19H17N5O2S/c1-12-7-6-8-14(11-12)20-18-22-21-16(25)19(27-18)13(2)23-24(17(19)26)15-9-4-3-5-10-15/h3-11H,1-2H3,(H,20,22)(H,21,25). The Morgan fingerprint density at radius 2 is 1.81 bits per heavy atom.